The molecule has 9 heteroatoms. The van der Waals surface area contributed by atoms with Crippen molar-refractivity contribution < 1.29 is 9.53 Å². The molecular weight excluding hydrogens is 408 g/mol. The van der Waals surface area contributed by atoms with Gasteiger partial charge >= 0.3 is 5.69 Å². The van der Waals surface area contributed by atoms with Crippen LogP contribution in [0.1, 0.15) is 5.56 Å². The average molecular weight is 432 g/mol. The van der Waals surface area contributed by atoms with E-state index in [1.54, 1.807) is 4.40 Å². The van der Waals surface area contributed by atoms with E-state index >= 15 is 0 Å². The first-order valence-corrected chi connectivity index (χ1v) is 10.7. The van der Waals surface area contributed by atoms with E-state index in [-0.39, 0.29) is 18.1 Å². The summed E-state index contributed by atoms with van der Waals surface area (Å²) in [5, 5.41) is 7.38. The number of benzene rings is 2. The summed E-state index contributed by atoms with van der Waals surface area (Å²) in [7, 11) is 0. The highest BCUT2D eigenvalue weighted by atomic mass is 16.5. The van der Waals surface area contributed by atoms with Crippen LogP contribution in [0.5, 0.6) is 0 Å². The molecular formula is C23H24N6O3. The van der Waals surface area contributed by atoms with E-state index in [1.807, 2.05) is 54.6 Å². The van der Waals surface area contributed by atoms with Crippen LogP contribution >= 0.6 is 0 Å². The van der Waals surface area contributed by atoms with Crippen molar-refractivity contribution in [2.45, 2.75) is 13.0 Å². The molecule has 0 atom stereocenters. The topological polar surface area (TPSA) is 93.8 Å². The minimum Gasteiger partial charge on any atom is -0.378 e. The maximum absolute atomic E-state index is 13.2. The Labute approximate surface area is 184 Å². The fraction of sp³-hybridized carbons (Fsp3) is 0.304. The summed E-state index contributed by atoms with van der Waals surface area (Å²) >= 11 is 0. The standard InChI is InChI=1S/C23H24N6O3/c30-20(24-11-10-17-6-2-1-3-7-17)16-28-23(31)29-19-9-5-4-8-18(19)25-21(22(29)26-28)27-12-14-32-15-13-27/h1-9H,10-16H2,(H,24,30). The number of carbonyl (C=O) groups is 1. The van der Waals surface area contributed by atoms with Crippen molar-refractivity contribution >= 4 is 28.4 Å². The van der Waals surface area contributed by atoms with Crippen molar-refractivity contribution in [3.05, 3.63) is 70.6 Å². The number of aromatic nitrogens is 4. The highest BCUT2D eigenvalue weighted by Gasteiger charge is 2.22. The lowest BCUT2D eigenvalue weighted by atomic mass is 10.1. The molecule has 1 N–H and O–H groups in total. The third-order valence-corrected chi connectivity index (χ3v) is 5.57. The molecule has 9 nitrogen and oxygen atoms in total. The minimum absolute atomic E-state index is 0.147. The number of hydrogen-bond donors (Lipinski definition) is 1. The number of hydrogen-bond acceptors (Lipinski definition) is 6. The van der Waals surface area contributed by atoms with Gasteiger partial charge in [-0.2, -0.15) is 0 Å². The Balaban J connectivity index is 1.43. The fourth-order valence-corrected chi connectivity index (χ4v) is 3.95. The Bertz CT molecular complexity index is 1310. The summed E-state index contributed by atoms with van der Waals surface area (Å²) < 4.78 is 8.21. The van der Waals surface area contributed by atoms with Crippen LogP contribution in [-0.2, 0) is 22.5 Å². The van der Waals surface area contributed by atoms with Gasteiger partial charge in [0.05, 0.1) is 24.2 Å². The first kappa shape index (κ1) is 20.2. The van der Waals surface area contributed by atoms with Gasteiger partial charge in [-0.15, -0.1) is 5.10 Å². The number of ether oxygens (including phenoxy) is 1. The number of anilines is 1. The van der Waals surface area contributed by atoms with E-state index in [4.69, 9.17) is 9.72 Å². The second-order valence-electron chi connectivity index (χ2n) is 7.71. The van der Waals surface area contributed by atoms with Crippen molar-refractivity contribution in [3.8, 4) is 0 Å². The van der Waals surface area contributed by atoms with Crippen molar-refractivity contribution in [1.82, 2.24) is 24.5 Å². The summed E-state index contributed by atoms with van der Waals surface area (Å²) in [6, 6.07) is 17.4. The van der Waals surface area contributed by atoms with E-state index in [9.17, 15) is 9.59 Å². The van der Waals surface area contributed by atoms with E-state index in [0.717, 1.165) is 12.0 Å². The van der Waals surface area contributed by atoms with Gasteiger partial charge in [-0.1, -0.05) is 42.5 Å². The number of fused-ring (bicyclic) bond motifs is 3. The normalized spacial score (nSPS) is 14.2. The van der Waals surface area contributed by atoms with E-state index < -0.39 is 0 Å². The third-order valence-electron chi connectivity index (χ3n) is 5.57. The van der Waals surface area contributed by atoms with Gasteiger partial charge in [0.2, 0.25) is 11.6 Å². The second-order valence-corrected chi connectivity index (χ2v) is 7.71. The molecule has 0 aliphatic carbocycles. The lowest BCUT2D eigenvalue weighted by Crippen LogP contribution is -2.37. The maximum atomic E-state index is 13.2. The van der Waals surface area contributed by atoms with Crippen LogP contribution in [0.25, 0.3) is 16.7 Å². The van der Waals surface area contributed by atoms with Crippen LogP contribution in [0.4, 0.5) is 5.82 Å². The molecule has 2 aromatic heterocycles. The summed E-state index contributed by atoms with van der Waals surface area (Å²) in [6.45, 7) is 2.87. The molecule has 5 rings (SSSR count). The van der Waals surface area contributed by atoms with Crippen LogP contribution in [0, 0.1) is 0 Å². The molecule has 0 bridgehead atoms. The number of rotatable bonds is 6. The van der Waals surface area contributed by atoms with Crippen LogP contribution < -0.4 is 15.9 Å². The zero-order valence-corrected chi connectivity index (χ0v) is 17.6. The third kappa shape index (κ3) is 3.94. The fourth-order valence-electron chi connectivity index (χ4n) is 3.95. The number of nitrogens with zero attached hydrogens (tertiary/aromatic N) is 5. The SMILES string of the molecule is O=C(Cn1nc2c(N3CCOCC3)nc3ccccc3n2c1=O)NCCc1ccccc1. The van der Waals surface area contributed by atoms with Crippen LogP contribution in [0.15, 0.2) is 59.4 Å². The molecule has 32 heavy (non-hydrogen) atoms. The van der Waals surface area contributed by atoms with Gasteiger partial charge in [-0.05, 0) is 24.1 Å². The molecule has 3 heterocycles. The Morgan fingerprint density at radius 1 is 1.03 bits per heavy atom. The summed E-state index contributed by atoms with van der Waals surface area (Å²) in [6.07, 6.45) is 0.725. The highest BCUT2D eigenvalue weighted by Crippen LogP contribution is 2.23. The summed E-state index contributed by atoms with van der Waals surface area (Å²) in [5.41, 5.74) is 2.61. The Kier molecular flexibility index (Phi) is 5.55. The van der Waals surface area contributed by atoms with Gasteiger partial charge in [-0.3, -0.25) is 4.79 Å². The molecule has 0 radical (unpaired) electrons. The molecule has 0 spiro atoms. The highest BCUT2D eigenvalue weighted by molar-refractivity contribution is 5.83. The predicted octanol–water partition coefficient (Wildman–Crippen LogP) is 1.24. The van der Waals surface area contributed by atoms with Crippen LogP contribution in [0.3, 0.4) is 0 Å². The Morgan fingerprint density at radius 3 is 2.59 bits per heavy atom. The minimum atomic E-state index is -0.355. The summed E-state index contributed by atoms with van der Waals surface area (Å²) in [5.74, 6) is 0.379. The van der Waals surface area contributed by atoms with Gasteiger partial charge in [0.25, 0.3) is 0 Å². The number of morpholine rings is 1. The molecule has 1 aliphatic heterocycles. The zero-order chi connectivity index (χ0) is 21.9. The van der Waals surface area contributed by atoms with Gasteiger partial charge in [0.15, 0.2) is 5.82 Å². The van der Waals surface area contributed by atoms with Crippen molar-refractivity contribution in [1.29, 1.82) is 0 Å². The molecule has 2 aromatic carbocycles. The average Bonchev–Trinajstić information content (AvgIpc) is 3.16. The lowest BCUT2D eigenvalue weighted by Gasteiger charge is -2.27. The first-order valence-electron chi connectivity index (χ1n) is 10.7. The van der Waals surface area contributed by atoms with Gasteiger partial charge in [0.1, 0.15) is 6.54 Å². The van der Waals surface area contributed by atoms with Gasteiger partial charge in [-0.25, -0.2) is 18.9 Å². The first-order chi connectivity index (χ1) is 15.7. The zero-order valence-electron chi connectivity index (χ0n) is 17.6. The molecule has 1 saturated heterocycles. The largest absolute Gasteiger partial charge is 0.378 e. The molecule has 1 fully saturated rings. The van der Waals surface area contributed by atoms with Gasteiger partial charge < -0.3 is 15.0 Å². The number of para-hydroxylation sites is 2. The molecule has 0 unspecified atom stereocenters. The van der Waals surface area contributed by atoms with Gasteiger partial charge in [0, 0.05) is 19.6 Å². The number of carbonyl (C=O) groups excluding carboxylic acids is 1. The maximum Gasteiger partial charge on any atom is 0.351 e. The van der Waals surface area contributed by atoms with Crippen molar-refractivity contribution in [3.63, 3.8) is 0 Å². The quantitative estimate of drug-likeness (QED) is 0.493. The summed E-state index contributed by atoms with van der Waals surface area (Å²) in [4.78, 5) is 32.6. The van der Waals surface area contributed by atoms with E-state index in [0.29, 0.717) is 55.3 Å². The number of amides is 1. The molecule has 0 saturated carbocycles. The second kappa shape index (κ2) is 8.80. The molecule has 1 aliphatic rings. The number of nitrogens with one attached hydrogen (secondary N) is 1. The molecule has 1 amide bonds. The van der Waals surface area contributed by atoms with Crippen molar-refractivity contribution in [2.24, 2.45) is 0 Å². The van der Waals surface area contributed by atoms with E-state index in [2.05, 4.69) is 15.3 Å². The van der Waals surface area contributed by atoms with E-state index in [1.165, 1.54) is 4.68 Å². The van der Waals surface area contributed by atoms with Crippen molar-refractivity contribution in [2.75, 3.05) is 37.7 Å². The predicted molar refractivity (Wildman–Crippen MR) is 121 cm³/mol. The Morgan fingerprint density at radius 2 is 1.78 bits per heavy atom. The van der Waals surface area contributed by atoms with Crippen LogP contribution in [-0.4, -0.2) is 57.9 Å². The molecule has 4 aromatic rings. The van der Waals surface area contributed by atoms with Crippen LogP contribution in [0.2, 0.25) is 0 Å². The monoisotopic (exact) mass is 432 g/mol. The lowest BCUT2D eigenvalue weighted by molar-refractivity contribution is -0.121. The molecule has 164 valence electrons. The smallest absolute Gasteiger partial charge is 0.351 e. The Hall–Kier alpha value is -3.72.